The van der Waals surface area contributed by atoms with E-state index in [1.165, 1.54) is 0 Å². The summed E-state index contributed by atoms with van der Waals surface area (Å²) in [6.45, 7) is 2.19. The Hall–Kier alpha value is -2.89. The number of anilines is 1. The van der Waals surface area contributed by atoms with Gasteiger partial charge in [-0.05, 0) is 49.1 Å². The van der Waals surface area contributed by atoms with E-state index in [1.807, 2.05) is 37.3 Å². The summed E-state index contributed by atoms with van der Waals surface area (Å²) in [5.41, 5.74) is 9.30. The predicted octanol–water partition coefficient (Wildman–Crippen LogP) is 2.80. The molecule has 1 aliphatic rings. The maximum absolute atomic E-state index is 12.4. The number of ether oxygens (including phenoxy) is 1. The van der Waals surface area contributed by atoms with Gasteiger partial charge in [-0.25, -0.2) is 4.98 Å². The SMILES string of the molecule is CCOC(=O)C1(c2cc(-c3ccc(N)cc3)c3cn[nH]c3n2)CC1. The Morgan fingerprint density at radius 3 is 2.75 bits per heavy atom. The zero-order chi connectivity index (χ0) is 16.7. The minimum atomic E-state index is -0.613. The zero-order valence-electron chi connectivity index (χ0n) is 13.4. The summed E-state index contributed by atoms with van der Waals surface area (Å²) < 4.78 is 5.26. The highest BCUT2D eigenvalue weighted by Gasteiger charge is 2.54. The summed E-state index contributed by atoms with van der Waals surface area (Å²) in [5, 5.41) is 7.94. The standard InChI is InChI=1S/C18H18N4O2/c1-2-24-17(23)18(7-8-18)15-9-13(11-3-5-12(19)6-4-11)14-10-20-22-16(14)21-15/h3-6,9-10H,2,7-8,19H2,1H3,(H,20,21,22). The number of hydrogen-bond acceptors (Lipinski definition) is 5. The maximum Gasteiger partial charge on any atom is 0.318 e. The first-order valence-corrected chi connectivity index (χ1v) is 8.02. The van der Waals surface area contributed by atoms with Crippen LogP contribution in [-0.4, -0.2) is 27.8 Å². The molecular weight excluding hydrogens is 304 g/mol. The molecule has 0 aliphatic heterocycles. The highest BCUT2D eigenvalue weighted by Crippen LogP contribution is 2.49. The molecule has 0 unspecified atom stereocenters. The highest BCUT2D eigenvalue weighted by molar-refractivity contribution is 5.95. The quantitative estimate of drug-likeness (QED) is 0.569. The van der Waals surface area contributed by atoms with Gasteiger partial charge in [0.25, 0.3) is 0 Å². The largest absolute Gasteiger partial charge is 0.465 e. The normalized spacial score (nSPS) is 15.4. The van der Waals surface area contributed by atoms with Crippen molar-refractivity contribution in [2.24, 2.45) is 0 Å². The fourth-order valence-electron chi connectivity index (χ4n) is 3.03. The molecule has 6 nitrogen and oxygen atoms in total. The topological polar surface area (TPSA) is 93.9 Å². The smallest absolute Gasteiger partial charge is 0.318 e. The van der Waals surface area contributed by atoms with Crippen LogP contribution in [0.1, 0.15) is 25.5 Å². The molecule has 1 saturated carbocycles. The number of nitrogens with zero attached hydrogens (tertiary/aromatic N) is 2. The number of carbonyl (C=O) groups is 1. The second-order valence-electron chi connectivity index (χ2n) is 6.11. The first-order valence-electron chi connectivity index (χ1n) is 8.02. The van der Waals surface area contributed by atoms with Gasteiger partial charge in [0.15, 0.2) is 5.65 Å². The molecule has 0 atom stereocenters. The molecule has 0 radical (unpaired) electrons. The van der Waals surface area contributed by atoms with Gasteiger partial charge >= 0.3 is 5.97 Å². The molecule has 3 aromatic rings. The predicted molar refractivity (Wildman–Crippen MR) is 91.3 cm³/mol. The van der Waals surface area contributed by atoms with Crippen molar-refractivity contribution >= 4 is 22.7 Å². The van der Waals surface area contributed by atoms with Crippen molar-refractivity contribution < 1.29 is 9.53 Å². The number of fused-ring (bicyclic) bond motifs is 1. The van der Waals surface area contributed by atoms with E-state index in [-0.39, 0.29) is 5.97 Å². The number of aromatic nitrogens is 3. The third-order valence-corrected chi connectivity index (χ3v) is 4.55. The number of H-pyrrole nitrogens is 1. The van der Waals surface area contributed by atoms with Crippen molar-refractivity contribution in [2.75, 3.05) is 12.3 Å². The van der Waals surface area contributed by atoms with Crippen molar-refractivity contribution in [3.63, 3.8) is 0 Å². The highest BCUT2D eigenvalue weighted by atomic mass is 16.5. The van der Waals surface area contributed by atoms with E-state index in [0.29, 0.717) is 17.9 Å². The average Bonchev–Trinajstić information content (AvgIpc) is 3.26. The molecule has 122 valence electrons. The molecule has 2 heterocycles. The molecule has 4 rings (SSSR count). The number of aromatic amines is 1. The van der Waals surface area contributed by atoms with E-state index >= 15 is 0 Å². The van der Waals surface area contributed by atoms with Crippen LogP contribution in [0, 0.1) is 0 Å². The molecule has 0 bridgehead atoms. The van der Waals surface area contributed by atoms with Crippen LogP contribution in [-0.2, 0) is 14.9 Å². The summed E-state index contributed by atoms with van der Waals surface area (Å²) in [6, 6.07) is 9.63. The average molecular weight is 322 g/mol. The van der Waals surface area contributed by atoms with Crippen molar-refractivity contribution in [3.8, 4) is 11.1 Å². The van der Waals surface area contributed by atoms with Crippen LogP contribution in [0.5, 0.6) is 0 Å². The molecule has 1 aliphatic carbocycles. The summed E-state index contributed by atoms with van der Waals surface area (Å²) in [6.07, 6.45) is 3.28. The Balaban J connectivity index is 1.87. The van der Waals surface area contributed by atoms with Crippen LogP contribution in [0.4, 0.5) is 5.69 Å². The monoisotopic (exact) mass is 322 g/mol. The van der Waals surface area contributed by atoms with E-state index in [0.717, 1.165) is 35.0 Å². The van der Waals surface area contributed by atoms with Crippen molar-refractivity contribution in [1.29, 1.82) is 0 Å². The lowest BCUT2D eigenvalue weighted by Crippen LogP contribution is -2.24. The Morgan fingerprint density at radius 1 is 1.33 bits per heavy atom. The Bertz CT molecular complexity index is 910. The van der Waals surface area contributed by atoms with E-state index in [9.17, 15) is 4.79 Å². The Kier molecular flexibility index (Phi) is 3.26. The fourth-order valence-corrected chi connectivity index (χ4v) is 3.03. The van der Waals surface area contributed by atoms with Gasteiger partial charge in [0, 0.05) is 11.1 Å². The molecule has 0 amide bonds. The number of hydrogen-bond donors (Lipinski definition) is 2. The minimum absolute atomic E-state index is 0.195. The first-order chi connectivity index (χ1) is 11.6. The number of carbonyl (C=O) groups excluding carboxylic acids is 1. The third kappa shape index (κ3) is 2.22. The summed E-state index contributed by atoms with van der Waals surface area (Å²) in [7, 11) is 0. The van der Waals surface area contributed by atoms with Gasteiger partial charge in [0.1, 0.15) is 5.41 Å². The van der Waals surface area contributed by atoms with Gasteiger partial charge in [0.05, 0.1) is 18.5 Å². The van der Waals surface area contributed by atoms with E-state index in [1.54, 1.807) is 6.20 Å². The van der Waals surface area contributed by atoms with Gasteiger partial charge in [-0.3, -0.25) is 9.89 Å². The summed E-state index contributed by atoms with van der Waals surface area (Å²) in [4.78, 5) is 17.0. The number of nitrogens with one attached hydrogen (secondary N) is 1. The zero-order valence-corrected chi connectivity index (χ0v) is 13.4. The second kappa shape index (κ2) is 5.33. The lowest BCUT2D eigenvalue weighted by Gasteiger charge is -2.15. The molecular formula is C18H18N4O2. The van der Waals surface area contributed by atoms with Gasteiger partial charge in [-0.15, -0.1) is 0 Å². The van der Waals surface area contributed by atoms with Crippen molar-refractivity contribution in [1.82, 2.24) is 15.2 Å². The Morgan fingerprint density at radius 2 is 2.08 bits per heavy atom. The van der Waals surface area contributed by atoms with Gasteiger partial charge in [-0.2, -0.15) is 5.10 Å². The van der Waals surface area contributed by atoms with Crippen LogP contribution < -0.4 is 5.73 Å². The molecule has 0 saturated heterocycles. The third-order valence-electron chi connectivity index (χ3n) is 4.55. The lowest BCUT2D eigenvalue weighted by atomic mass is 9.96. The lowest BCUT2D eigenvalue weighted by molar-refractivity contribution is -0.146. The molecule has 2 aromatic heterocycles. The number of rotatable bonds is 4. The van der Waals surface area contributed by atoms with Crippen LogP contribution in [0.3, 0.4) is 0 Å². The molecule has 0 spiro atoms. The van der Waals surface area contributed by atoms with E-state index < -0.39 is 5.41 Å². The summed E-state index contributed by atoms with van der Waals surface area (Å²) >= 11 is 0. The number of nitrogen functional groups attached to an aromatic ring is 1. The van der Waals surface area contributed by atoms with Crippen molar-refractivity contribution in [3.05, 3.63) is 42.2 Å². The molecule has 1 fully saturated rings. The van der Waals surface area contributed by atoms with E-state index in [4.69, 9.17) is 10.5 Å². The van der Waals surface area contributed by atoms with Gasteiger partial charge < -0.3 is 10.5 Å². The van der Waals surface area contributed by atoms with Gasteiger partial charge in [-0.1, -0.05) is 12.1 Å². The van der Waals surface area contributed by atoms with Crippen LogP contribution in [0.25, 0.3) is 22.2 Å². The first kappa shape index (κ1) is 14.7. The van der Waals surface area contributed by atoms with Gasteiger partial charge in [0.2, 0.25) is 0 Å². The fraction of sp³-hybridized carbons (Fsp3) is 0.278. The number of nitrogens with two attached hydrogens (primary N) is 1. The summed E-state index contributed by atoms with van der Waals surface area (Å²) in [5.74, 6) is -0.195. The maximum atomic E-state index is 12.4. The van der Waals surface area contributed by atoms with E-state index in [2.05, 4.69) is 15.2 Å². The second-order valence-corrected chi connectivity index (χ2v) is 6.11. The van der Waals surface area contributed by atoms with Crippen LogP contribution >= 0.6 is 0 Å². The number of benzene rings is 1. The minimum Gasteiger partial charge on any atom is -0.465 e. The van der Waals surface area contributed by atoms with Crippen LogP contribution in [0.15, 0.2) is 36.5 Å². The Labute approximate surface area is 139 Å². The number of pyridine rings is 1. The molecule has 24 heavy (non-hydrogen) atoms. The van der Waals surface area contributed by atoms with Crippen molar-refractivity contribution in [2.45, 2.75) is 25.2 Å². The van der Waals surface area contributed by atoms with Crippen LogP contribution in [0.2, 0.25) is 0 Å². The molecule has 3 N–H and O–H groups in total. The molecule has 1 aromatic carbocycles. The molecule has 6 heteroatoms. The number of esters is 1.